The maximum absolute atomic E-state index is 11.1. The van der Waals surface area contributed by atoms with Gasteiger partial charge in [0.1, 0.15) is 12.6 Å². The summed E-state index contributed by atoms with van der Waals surface area (Å²) < 4.78 is 4.60. The van der Waals surface area contributed by atoms with Gasteiger partial charge in [-0.3, -0.25) is 4.79 Å². The molecule has 1 saturated carbocycles. The van der Waals surface area contributed by atoms with Crippen LogP contribution in [0.2, 0.25) is 0 Å². The van der Waals surface area contributed by atoms with E-state index in [1.54, 1.807) is 0 Å². The summed E-state index contributed by atoms with van der Waals surface area (Å²) in [6, 6.07) is -0.759. The molecule has 0 unspecified atom stereocenters. The van der Waals surface area contributed by atoms with Gasteiger partial charge in [-0.1, -0.05) is 12.8 Å². The standard InChI is InChI=1S/C9H15NO4/c1-14-5-8(11)10-7(9(12)13)4-6-2-3-6/h6-7H,2-5H2,1H3,(H,10,11)(H,12,13)/t7-/m0/s1. The van der Waals surface area contributed by atoms with Crippen molar-refractivity contribution in [2.24, 2.45) is 5.92 Å². The van der Waals surface area contributed by atoms with E-state index in [4.69, 9.17) is 5.11 Å². The molecule has 1 fully saturated rings. The van der Waals surface area contributed by atoms with E-state index >= 15 is 0 Å². The quantitative estimate of drug-likeness (QED) is 0.634. The lowest BCUT2D eigenvalue weighted by molar-refractivity contribution is -0.142. The maximum atomic E-state index is 11.1. The second kappa shape index (κ2) is 4.95. The van der Waals surface area contributed by atoms with Crippen LogP contribution < -0.4 is 5.32 Å². The van der Waals surface area contributed by atoms with E-state index in [1.165, 1.54) is 7.11 Å². The second-order valence-electron chi connectivity index (χ2n) is 3.57. The van der Waals surface area contributed by atoms with Crippen molar-refractivity contribution in [1.29, 1.82) is 0 Å². The second-order valence-corrected chi connectivity index (χ2v) is 3.57. The first kappa shape index (κ1) is 11.0. The van der Waals surface area contributed by atoms with Gasteiger partial charge in [0.2, 0.25) is 5.91 Å². The highest BCUT2D eigenvalue weighted by molar-refractivity contribution is 5.84. The molecule has 0 spiro atoms. The third-order valence-corrected chi connectivity index (χ3v) is 2.17. The Morgan fingerprint density at radius 3 is 2.64 bits per heavy atom. The van der Waals surface area contributed by atoms with Gasteiger partial charge in [-0.25, -0.2) is 4.79 Å². The first-order chi connectivity index (χ1) is 6.63. The molecule has 0 aromatic carbocycles. The smallest absolute Gasteiger partial charge is 0.326 e. The van der Waals surface area contributed by atoms with Crippen molar-refractivity contribution in [3.8, 4) is 0 Å². The highest BCUT2D eigenvalue weighted by Gasteiger charge is 2.29. The first-order valence-electron chi connectivity index (χ1n) is 4.64. The van der Waals surface area contributed by atoms with E-state index in [9.17, 15) is 9.59 Å². The molecule has 1 aliphatic rings. The number of ether oxygens (including phenoxy) is 1. The number of nitrogens with one attached hydrogen (secondary N) is 1. The highest BCUT2D eigenvalue weighted by Crippen LogP contribution is 2.33. The summed E-state index contributed by atoms with van der Waals surface area (Å²) in [5, 5.41) is 11.2. The van der Waals surface area contributed by atoms with Crippen LogP contribution in [0.15, 0.2) is 0 Å². The Hall–Kier alpha value is -1.10. The molecule has 5 nitrogen and oxygen atoms in total. The zero-order valence-electron chi connectivity index (χ0n) is 8.16. The minimum atomic E-state index is -0.971. The number of carbonyl (C=O) groups excluding carboxylic acids is 1. The van der Waals surface area contributed by atoms with Crippen LogP contribution in [0.5, 0.6) is 0 Å². The molecule has 2 N–H and O–H groups in total. The summed E-state index contributed by atoms with van der Waals surface area (Å²) in [5.74, 6) is -0.874. The van der Waals surface area contributed by atoms with Crippen molar-refractivity contribution in [2.45, 2.75) is 25.3 Å². The van der Waals surface area contributed by atoms with Crippen LogP contribution >= 0.6 is 0 Å². The van der Waals surface area contributed by atoms with Crippen LogP contribution in [0.25, 0.3) is 0 Å². The maximum Gasteiger partial charge on any atom is 0.326 e. The lowest BCUT2D eigenvalue weighted by atomic mass is 10.1. The number of methoxy groups -OCH3 is 1. The number of hydrogen-bond acceptors (Lipinski definition) is 3. The minimum absolute atomic E-state index is 0.0888. The van der Waals surface area contributed by atoms with E-state index in [0.717, 1.165) is 12.8 Å². The molecule has 0 heterocycles. The summed E-state index contributed by atoms with van der Waals surface area (Å²) in [5.41, 5.74) is 0. The predicted octanol–water partition coefficient (Wildman–Crippen LogP) is 0.00230. The van der Waals surface area contributed by atoms with Crippen molar-refractivity contribution in [3.63, 3.8) is 0 Å². The van der Waals surface area contributed by atoms with Crippen LogP contribution in [0.3, 0.4) is 0 Å². The monoisotopic (exact) mass is 201 g/mol. The van der Waals surface area contributed by atoms with Gasteiger partial charge < -0.3 is 15.2 Å². The molecular formula is C9H15NO4. The number of carbonyl (C=O) groups is 2. The average molecular weight is 201 g/mol. The van der Waals surface area contributed by atoms with Gasteiger partial charge in [-0.05, 0) is 12.3 Å². The number of rotatable bonds is 6. The lowest BCUT2D eigenvalue weighted by Gasteiger charge is -2.13. The summed E-state index contributed by atoms with van der Waals surface area (Å²) >= 11 is 0. The van der Waals surface area contributed by atoms with Crippen LogP contribution in [0.1, 0.15) is 19.3 Å². The fraction of sp³-hybridized carbons (Fsp3) is 0.778. The van der Waals surface area contributed by atoms with Gasteiger partial charge in [0.05, 0.1) is 0 Å². The zero-order chi connectivity index (χ0) is 10.6. The average Bonchev–Trinajstić information content (AvgIpc) is 2.87. The third-order valence-electron chi connectivity index (χ3n) is 2.17. The molecule has 1 atom stereocenters. The molecule has 0 saturated heterocycles. The predicted molar refractivity (Wildman–Crippen MR) is 48.8 cm³/mol. The number of amides is 1. The Balaban J connectivity index is 2.33. The highest BCUT2D eigenvalue weighted by atomic mass is 16.5. The third kappa shape index (κ3) is 3.74. The molecule has 80 valence electrons. The fourth-order valence-electron chi connectivity index (χ4n) is 1.28. The van der Waals surface area contributed by atoms with E-state index in [0.29, 0.717) is 12.3 Å². The molecule has 1 rings (SSSR count). The molecule has 0 bridgehead atoms. The lowest BCUT2D eigenvalue weighted by Crippen LogP contribution is -2.42. The van der Waals surface area contributed by atoms with Gasteiger partial charge in [0, 0.05) is 7.11 Å². The molecule has 1 amide bonds. The van der Waals surface area contributed by atoms with Gasteiger partial charge in [0.15, 0.2) is 0 Å². The zero-order valence-corrected chi connectivity index (χ0v) is 8.16. The van der Waals surface area contributed by atoms with Gasteiger partial charge in [-0.15, -0.1) is 0 Å². The van der Waals surface area contributed by atoms with Crippen LogP contribution in [0, 0.1) is 5.92 Å². The minimum Gasteiger partial charge on any atom is -0.480 e. The van der Waals surface area contributed by atoms with E-state index in [-0.39, 0.29) is 12.5 Å². The van der Waals surface area contributed by atoms with Gasteiger partial charge >= 0.3 is 5.97 Å². The number of hydrogen-bond donors (Lipinski definition) is 2. The Kier molecular flexibility index (Phi) is 3.88. The SMILES string of the molecule is COCC(=O)N[C@@H](CC1CC1)C(=O)O. The summed E-state index contributed by atoms with van der Waals surface area (Å²) in [6.07, 6.45) is 2.68. The van der Waals surface area contributed by atoms with Crippen LogP contribution in [-0.4, -0.2) is 36.7 Å². The van der Waals surface area contributed by atoms with Crippen LogP contribution in [0.4, 0.5) is 0 Å². The van der Waals surface area contributed by atoms with Crippen molar-refractivity contribution < 1.29 is 19.4 Å². The van der Waals surface area contributed by atoms with Crippen molar-refractivity contribution in [3.05, 3.63) is 0 Å². The summed E-state index contributed by atoms with van der Waals surface area (Å²) in [6.45, 7) is -0.0888. The molecule has 0 radical (unpaired) electrons. The van der Waals surface area contributed by atoms with Gasteiger partial charge in [-0.2, -0.15) is 0 Å². The molecule has 1 aliphatic carbocycles. The van der Waals surface area contributed by atoms with E-state index in [1.807, 2.05) is 0 Å². The fourth-order valence-corrected chi connectivity index (χ4v) is 1.28. The summed E-state index contributed by atoms with van der Waals surface area (Å²) in [4.78, 5) is 21.8. The number of carboxylic acid groups (broad SMARTS) is 1. The molecule has 0 aromatic rings. The molecule has 0 aliphatic heterocycles. The van der Waals surface area contributed by atoms with Crippen molar-refractivity contribution in [1.82, 2.24) is 5.32 Å². The van der Waals surface area contributed by atoms with Crippen molar-refractivity contribution in [2.75, 3.05) is 13.7 Å². The van der Waals surface area contributed by atoms with E-state index in [2.05, 4.69) is 10.1 Å². The molecular weight excluding hydrogens is 186 g/mol. The molecule has 5 heteroatoms. The first-order valence-corrected chi connectivity index (χ1v) is 4.64. The largest absolute Gasteiger partial charge is 0.480 e. The van der Waals surface area contributed by atoms with Gasteiger partial charge in [0.25, 0.3) is 0 Å². The Labute approximate surface area is 82.4 Å². The number of aliphatic carboxylic acids is 1. The van der Waals surface area contributed by atoms with E-state index < -0.39 is 12.0 Å². The Bertz CT molecular complexity index is 225. The topological polar surface area (TPSA) is 75.6 Å². The molecule has 14 heavy (non-hydrogen) atoms. The molecule has 0 aromatic heterocycles. The Morgan fingerprint density at radius 2 is 2.21 bits per heavy atom. The summed E-state index contributed by atoms with van der Waals surface area (Å²) in [7, 11) is 1.40. The number of carboxylic acids is 1. The Morgan fingerprint density at radius 1 is 1.57 bits per heavy atom. The normalized spacial score (nSPS) is 17.5. The van der Waals surface area contributed by atoms with Crippen LogP contribution in [-0.2, 0) is 14.3 Å². The van der Waals surface area contributed by atoms with Crippen molar-refractivity contribution >= 4 is 11.9 Å².